The van der Waals surface area contributed by atoms with Gasteiger partial charge in [0.05, 0.1) is 27.7 Å². The van der Waals surface area contributed by atoms with Gasteiger partial charge in [-0.2, -0.15) is 0 Å². The maximum Gasteiger partial charge on any atom is 0.202 e. The Morgan fingerprint density at radius 3 is 2.14 bits per heavy atom. The summed E-state index contributed by atoms with van der Waals surface area (Å²) in [6.07, 6.45) is 13.2. The number of H-pyrrole nitrogens is 1. The van der Waals surface area contributed by atoms with Crippen molar-refractivity contribution in [3.8, 4) is 0 Å². The van der Waals surface area contributed by atoms with Gasteiger partial charge >= 0.3 is 0 Å². The first-order chi connectivity index (χ1) is 13.5. The van der Waals surface area contributed by atoms with Crippen molar-refractivity contribution < 1.29 is 9.05 Å². The number of aryl methyl sites for hydroxylation is 2. The lowest BCUT2D eigenvalue weighted by atomic mass is 10.1. The zero-order valence-electron chi connectivity index (χ0n) is 18.4. The monoisotopic (exact) mass is 381 g/mol. The van der Waals surface area contributed by atoms with Crippen LogP contribution < -0.4 is 4.57 Å². The quantitative estimate of drug-likeness (QED) is 0.248. The molecular weight excluding hydrogens is 342 g/mol. The predicted octanol–water partition coefficient (Wildman–Crippen LogP) is 5.74. The van der Waals surface area contributed by atoms with Gasteiger partial charge in [-0.15, -0.1) is 0 Å². The van der Waals surface area contributed by atoms with Crippen molar-refractivity contribution in [2.24, 2.45) is 0 Å². The van der Waals surface area contributed by atoms with Crippen LogP contribution in [0.5, 0.6) is 0 Å². The first-order valence-electron chi connectivity index (χ1n) is 11.2. The van der Waals surface area contributed by atoms with Crippen LogP contribution in [0.4, 0.5) is 0 Å². The SMILES string of the molecule is Cc1c2[nH]c3ccccc3c2cc[n+]1CCCCCCCCCC[N+](C)(C)C. The molecule has 0 amide bonds. The van der Waals surface area contributed by atoms with Crippen LogP contribution in [0.25, 0.3) is 21.8 Å². The van der Waals surface area contributed by atoms with Crippen LogP contribution in [0.15, 0.2) is 36.5 Å². The second-order valence-electron chi connectivity index (χ2n) is 9.40. The molecule has 3 heteroatoms. The van der Waals surface area contributed by atoms with Gasteiger partial charge in [-0.05, 0) is 25.3 Å². The Labute approximate surface area is 171 Å². The fraction of sp³-hybridized carbons (Fsp3) is 0.560. The van der Waals surface area contributed by atoms with Crippen molar-refractivity contribution in [2.75, 3.05) is 27.7 Å². The van der Waals surface area contributed by atoms with E-state index in [0.29, 0.717) is 0 Å². The van der Waals surface area contributed by atoms with Crippen LogP contribution in [0.2, 0.25) is 0 Å². The minimum atomic E-state index is 1.10. The zero-order chi connectivity index (χ0) is 20.0. The summed E-state index contributed by atoms with van der Waals surface area (Å²) in [5.41, 5.74) is 3.88. The molecule has 2 heterocycles. The van der Waals surface area contributed by atoms with E-state index in [1.54, 1.807) is 0 Å². The number of rotatable bonds is 11. The van der Waals surface area contributed by atoms with E-state index in [1.807, 2.05) is 0 Å². The second-order valence-corrected chi connectivity index (χ2v) is 9.40. The van der Waals surface area contributed by atoms with E-state index in [1.165, 1.54) is 85.4 Å². The van der Waals surface area contributed by atoms with Gasteiger partial charge in [-0.1, -0.05) is 43.9 Å². The topological polar surface area (TPSA) is 19.7 Å². The Balaban J connectivity index is 1.38. The van der Waals surface area contributed by atoms with Crippen molar-refractivity contribution >= 4 is 21.8 Å². The van der Waals surface area contributed by atoms with Gasteiger partial charge < -0.3 is 9.47 Å². The van der Waals surface area contributed by atoms with Crippen LogP contribution in [0, 0.1) is 6.92 Å². The lowest BCUT2D eigenvalue weighted by Gasteiger charge is -2.23. The zero-order valence-corrected chi connectivity index (χ0v) is 18.4. The van der Waals surface area contributed by atoms with Crippen LogP contribution in [0.3, 0.4) is 0 Å². The smallest absolute Gasteiger partial charge is 0.202 e. The summed E-state index contributed by atoms with van der Waals surface area (Å²) in [6.45, 7) is 4.67. The number of nitrogens with zero attached hydrogens (tertiary/aromatic N) is 2. The van der Waals surface area contributed by atoms with Crippen molar-refractivity contribution in [1.29, 1.82) is 0 Å². The number of nitrogens with one attached hydrogen (secondary N) is 1. The third kappa shape index (κ3) is 5.57. The Kier molecular flexibility index (Phi) is 7.12. The lowest BCUT2D eigenvalue weighted by Crippen LogP contribution is -2.36. The van der Waals surface area contributed by atoms with Crippen LogP contribution in [-0.2, 0) is 6.54 Å². The summed E-state index contributed by atoms with van der Waals surface area (Å²) in [5, 5.41) is 2.67. The Morgan fingerprint density at radius 2 is 1.43 bits per heavy atom. The van der Waals surface area contributed by atoms with Crippen molar-refractivity contribution in [1.82, 2.24) is 4.98 Å². The molecule has 0 fully saturated rings. The number of pyridine rings is 1. The number of para-hydroxylation sites is 1. The van der Waals surface area contributed by atoms with Crippen LogP contribution in [0.1, 0.15) is 57.1 Å². The second kappa shape index (κ2) is 9.56. The van der Waals surface area contributed by atoms with Gasteiger partial charge in [0, 0.05) is 35.7 Å². The average Bonchev–Trinajstić information content (AvgIpc) is 3.03. The Bertz CT molecular complexity index is 886. The minimum absolute atomic E-state index is 1.10. The van der Waals surface area contributed by atoms with Gasteiger partial charge in [-0.3, -0.25) is 0 Å². The molecule has 0 radical (unpaired) electrons. The standard InChI is InChI=1S/C25H38N3/c1-21-25-23(22-15-11-12-16-24(22)26-25)17-19-27(21)18-13-9-7-5-6-8-10-14-20-28(2,3)4/h11-12,15-17,19H,5-10,13-14,18,20H2,1-4H3/q+1/p+1. The molecule has 0 aliphatic rings. The van der Waals surface area contributed by atoms with Gasteiger partial charge in [0.2, 0.25) is 5.69 Å². The Morgan fingerprint density at radius 1 is 0.786 bits per heavy atom. The lowest BCUT2D eigenvalue weighted by molar-refractivity contribution is -0.870. The molecule has 3 aromatic rings. The maximum atomic E-state index is 3.61. The van der Waals surface area contributed by atoms with Crippen LogP contribution >= 0.6 is 0 Å². The molecule has 0 atom stereocenters. The molecular formula is C25H39N3+2. The number of aromatic amines is 1. The van der Waals surface area contributed by atoms with Gasteiger partial charge in [0.15, 0.2) is 6.20 Å². The highest BCUT2D eigenvalue weighted by Crippen LogP contribution is 2.25. The fourth-order valence-corrected chi connectivity index (χ4v) is 4.21. The van der Waals surface area contributed by atoms with Gasteiger partial charge in [-0.25, -0.2) is 4.57 Å². The molecule has 0 aliphatic carbocycles. The summed E-state index contributed by atoms with van der Waals surface area (Å²) >= 11 is 0. The van der Waals surface area contributed by atoms with E-state index in [-0.39, 0.29) is 0 Å². The molecule has 1 aromatic carbocycles. The van der Waals surface area contributed by atoms with Gasteiger partial charge in [0.1, 0.15) is 12.1 Å². The summed E-state index contributed by atoms with van der Waals surface area (Å²) < 4.78 is 3.52. The molecule has 3 rings (SSSR count). The predicted molar refractivity (Wildman–Crippen MR) is 121 cm³/mol. The fourth-order valence-electron chi connectivity index (χ4n) is 4.21. The molecule has 3 nitrogen and oxygen atoms in total. The van der Waals surface area contributed by atoms with Crippen molar-refractivity contribution in [2.45, 2.75) is 64.8 Å². The summed E-state index contributed by atoms with van der Waals surface area (Å²) in [7, 11) is 6.86. The summed E-state index contributed by atoms with van der Waals surface area (Å²) in [4.78, 5) is 3.61. The molecule has 2 aromatic heterocycles. The third-order valence-corrected chi connectivity index (χ3v) is 5.94. The number of benzene rings is 1. The highest BCUT2D eigenvalue weighted by molar-refractivity contribution is 6.07. The van der Waals surface area contributed by atoms with E-state index in [2.05, 4.69) is 74.1 Å². The maximum absolute atomic E-state index is 3.61. The average molecular weight is 382 g/mol. The van der Waals surface area contributed by atoms with E-state index in [0.717, 1.165) is 11.0 Å². The van der Waals surface area contributed by atoms with Crippen LogP contribution in [-0.4, -0.2) is 37.2 Å². The molecule has 0 unspecified atom stereocenters. The number of unbranched alkanes of at least 4 members (excludes halogenated alkanes) is 7. The molecule has 0 bridgehead atoms. The minimum Gasteiger partial charge on any atom is -0.349 e. The number of aromatic nitrogens is 2. The van der Waals surface area contributed by atoms with E-state index < -0.39 is 0 Å². The van der Waals surface area contributed by atoms with E-state index >= 15 is 0 Å². The highest BCUT2D eigenvalue weighted by Gasteiger charge is 2.14. The first kappa shape index (κ1) is 20.9. The number of hydrogen-bond donors (Lipinski definition) is 1. The first-order valence-corrected chi connectivity index (χ1v) is 11.2. The van der Waals surface area contributed by atoms with Crippen molar-refractivity contribution in [3.63, 3.8) is 0 Å². The molecule has 0 aliphatic heterocycles. The third-order valence-electron chi connectivity index (χ3n) is 5.94. The van der Waals surface area contributed by atoms with Gasteiger partial charge in [0.25, 0.3) is 0 Å². The number of hydrogen-bond acceptors (Lipinski definition) is 0. The number of fused-ring (bicyclic) bond motifs is 3. The molecule has 152 valence electrons. The molecule has 0 spiro atoms. The molecule has 0 saturated carbocycles. The summed E-state index contributed by atoms with van der Waals surface area (Å²) in [6, 6.07) is 10.9. The largest absolute Gasteiger partial charge is 0.349 e. The molecule has 1 N–H and O–H groups in total. The summed E-state index contributed by atoms with van der Waals surface area (Å²) in [5.74, 6) is 0. The van der Waals surface area contributed by atoms with Crippen molar-refractivity contribution in [3.05, 3.63) is 42.2 Å². The Hall–Kier alpha value is -1.87. The molecule has 0 saturated heterocycles. The normalized spacial score (nSPS) is 12.3. The molecule has 28 heavy (non-hydrogen) atoms. The highest BCUT2D eigenvalue weighted by atomic mass is 15.3. The number of quaternary nitrogens is 1. The van der Waals surface area contributed by atoms with E-state index in [4.69, 9.17) is 0 Å². The van der Waals surface area contributed by atoms with E-state index in [9.17, 15) is 0 Å².